The number of carbonyl (C=O) groups is 2. The van der Waals surface area contributed by atoms with Crippen molar-refractivity contribution in [3.05, 3.63) is 28.8 Å². The SMILES string of the molecule is O=C(CC1CNC1)Nc1ccc(Cl)c(C(=O)O)c1. The van der Waals surface area contributed by atoms with E-state index in [0.29, 0.717) is 18.0 Å². The van der Waals surface area contributed by atoms with Gasteiger partial charge in [0.25, 0.3) is 0 Å². The Labute approximate surface area is 109 Å². The van der Waals surface area contributed by atoms with Crippen molar-refractivity contribution < 1.29 is 14.7 Å². The summed E-state index contributed by atoms with van der Waals surface area (Å²) in [4.78, 5) is 22.6. The number of amides is 1. The summed E-state index contributed by atoms with van der Waals surface area (Å²) in [7, 11) is 0. The van der Waals surface area contributed by atoms with Crippen LogP contribution in [0.15, 0.2) is 18.2 Å². The van der Waals surface area contributed by atoms with E-state index < -0.39 is 5.97 Å². The Morgan fingerprint density at radius 2 is 2.17 bits per heavy atom. The van der Waals surface area contributed by atoms with Crippen LogP contribution in [0.3, 0.4) is 0 Å². The molecular weight excluding hydrogens is 256 g/mol. The van der Waals surface area contributed by atoms with Crippen LogP contribution in [-0.2, 0) is 4.79 Å². The Morgan fingerprint density at radius 1 is 1.44 bits per heavy atom. The molecule has 6 heteroatoms. The van der Waals surface area contributed by atoms with Crippen LogP contribution < -0.4 is 10.6 Å². The van der Waals surface area contributed by atoms with Crippen molar-refractivity contribution in [1.82, 2.24) is 5.32 Å². The summed E-state index contributed by atoms with van der Waals surface area (Å²) in [5.41, 5.74) is 0.439. The number of halogens is 1. The zero-order valence-corrected chi connectivity index (χ0v) is 10.3. The molecule has 2 rings (SSSR count). The van der Waals surface area contributed by atoms with Crippen molar-refractivity contribution in [1.29, 1.82) is 0 Å². The van der Waals surface area contributed by atoms with E-state index in [1.807, 2.05) is 0 Å². The van der Waals surface area contributed by atoms with E-state index >= 15 is 0 Å². The largest absolute Gasteiger partial charge is 0.478 e. The van der Waals surface area contributed by atoms with E-state index in [1.54, 1.807) is 6.07 Å². The number of aromatic carboxylic acids is 1. The Bertz CT molecular complexity index is 486. The number of carboxylic acids is 1. The van der Waals surface area contributed by atoms with E-state index in [9.17, 15) is 9.59 Å². The maximum atomic E-state index is 11.7. The maximum Gasteiger partial charge on any atom is 0.337 e. The number of nitrogens with one attached hydrogen (secondary N) is 2. The lowest BCUT2D eigenvalue weighted by molar-refractivity contribution is -0.117. The molecule has 0 unspecified atom stereocenters. The predicted molar refractivity (Wildman–Crippen MR) is 68.0 cm³/mol. The molecule has 1 aliphatic rings. The van der Waals surface area contributed by atoms with Gasteiger partial charge in [-0.25, -0.2) is 4.79 Å². The molecule has 3 N–H and O–H groups in total. The average Bonchev–Trinajstić information content (AvgIpc) is 2.26. The number of carbonyl (C=O) groups excluding carboxylic acids is 1. The third-order valence-electron chi connectivity index (χ3n) is 2.82. The fourth-order valence-electron chi connectivity index (χ4n) is 1.73. The lowest BCUT2D eigenvalue weighted by Crippen LogP contribution is -2.43. The Morgan fingerprint density at radius 3 is 2.72 bits per heavy atom. The van der Waals surface area contributed by atoms with Crippen molar-refractivity contribution in [3.63, 3.8) is 0 Å². The second-order valence-corrected chi connectivity index (χ2v) is 4.68. The van der Waals surface area contributed by atoms with E-state index in [2.05, 4.69) is 10.6 Å². The molecule has 18 heavy (non-hydrogen) atoms. The van der Waals surface area contributed by atoms with Crippen LogP contribution in [0.2, 0.25) is 5.02 Å². The van der Waals surface area contributed by atoms with E-state index in [-0.39, 0.29) is 16.5 Å². The highest BCUT2D eigenvalue weighted by Gasteiger charge is 2.20. The Balaban J connectivity index is 2.02. The molecule has 0 spiro atoms. The summed E-state index contributed by atoms with van der Waals surface area (Å²) in [6.45, 7) is 1.71. The first-order valence-corrected chi connectivity index (χ1v) is 5.97. The summed E-state index contributed by atoms with van der Waals surface area (Å²) >= 11 is 5.74. The molecule has 1 aliphatic heterocycles. The maximum absolute atomic E-state index is 11.7. The highest BCUT2D eigenvalue weighted by molar-refractivity contribution is 6.33. The van der Waals surface area contributed by atoms with Gasteiger partial charge in [-0.1, -0.05) is 11.6 Å². The zero-order chi connectivity index (χ0) is 13.1. The van der Waals surface area contributed by atoms with Crippen molar-refractivity contribution in [2.24, 2.45) is 5.92 Å². The minimum absolute atomic E-state index is 0.0141. The van der Waals surface area contributed by atoms with Crippen molar-refractivity contribution in [3.8, 4) is 0 Å². The van der Waals surface area contributed by atoms with Crippen molar-refractivity contribution in [2.75, 3.05) is 18.4 Å². The van der Waals surface area contributed by atoms with Gasteiger partial charge in [0.2, 0.25) is 5.91 Å². The van der Waals surface area contributed by atoms with Crippen molar-refractivity contribution >= 4 is 29.2 Å². The topological polar surface area (TPSA) is 78.4 Å². The molecule has 1 heterocycles. The second kappa shape index (κ2) is 5.37. The lowest BCUT2D eigenvalue weighted by atomic mass is 9.99. The molecule has 0 atom stereocenters. The summed E-state index contributed by atoms with van der Waals surface area (Å²) in [6.07, 6.45) is 0.442. The number of hydrogen-bond donors (Lipinski definition) is 3. The average molecular weight is 269 g/mol. The minimum atomic E-state index is -1.11. The quantitative estimate of drug-likeness (QED) is 0.775. The normalized spacial score (nSPS) is 14.9. The van der Waals surface area contributed by atoms with Gasteiger partial charge in [-0.3, -0.25) is 4.79 Å². The molecule has 1 aromatic rings. The number of carboxylic acid groups (broad SMARTS) is 1. The highest BCUT2D eigenvalue weighted by Crippen LogP contribution is 2.21. The van der Waals surface area contributed by atoms with E-state index in [0.717, 1.165) is 13.1 Å². The third-order valence-corrected chi connectivity index (χ3v) is 3.15. The van der Waals surface area contributed by atoms with Gasteiger partial charge in [0, 0.05) is 12.1 Å². The molecule has 96 valence electrons. The first kappa shape index (κ1) is 12.9. The molecule has 1 fully saturated rings. The summed E-state index contributed by atoms with van der Waals surface area (Å²) < 4.78 is 0. The van der Waals surface area contributed by atoms with Crippen LogP contribution in [-0.4, -0.2) is 30.1 Å². The Hall–Kier alpha value is -1.59. The fraction of sp³-hybridized carbons (Fsp3) is 0.333. The third kappa shape index (κ3) is 3.00. The van der Waals surface area contributed by atoms with Gasteiger partial charge >= 0.3 is 5.97 Å². The van der Waals surface area contributed by atoms with Crippen LogP contribution in [0.5, 0.6) is 0 Å². The molecule has 1 amide bonds. The van der Waals surface area contributed by atoms with E-state index in [4.69, 9.17) is 16.7 Å². The van der Waals surface area contributed by atoms with Crippen LogP contribution in [0.4, 0.5) is 5.69 Å². The molecule has 0 aromatic heterocycles. The van der Waals surface area contributed by atoms with E-state index in [1.165, 1.54) is 12.1 Å². The molecular formula is C12H13ClN2O3. The van der Waals surface area contributed by atoms with Gasteiger partial charge in [-0.05, 0) is 37.2 Å². The zero-order valence-electron chi connectivity index (χ0n) is 9.57. The minimum Gasteiger partial charge on any atom is -0.478 e. The fourth-order valence-corrected chi connectivity index (χ4v) is 1.93. The highest BCUT2D eigenvalue weighted by atomic mass is 35.5. The summed E-state index contributed by atoms with van der Waals surface area (Å²) in [5, 5.41) is 14.8. The standard InChI is InChI=1S/C12H13ClN2O3/c13-10-2-1-8(4-9(10)12(17)18)15-11(16)3-7-5-14-6-7/h1-2,4,7,14H,3,5-6H2,(H,15,16)(H,17,18). The van der Waals surface area contributed by atoms with Gasteiger partial charge < -0.3 is 15.7 Å². The molecule has 1 saturated heterocycles. The summed E-state index contributed by atoms with van der Waals surface area (Å²) in [5.74, 6) is -0.851. The van der Waals surface area contributed by atoms with Crippen molar-refractivity contribution in [2.45, 2.75) is 6.42 Å². The van der Waals surface area contributed by atoms with Gasteiger partial charge in [0.1, 0.15) is 0 Å². The smallest absolute Gasteiger partial charge is 0.337 e. The van der Waals surface area contributed by atoms with Gasteiger partial charge in [-0.2, -0.15) is 0 Å². The first-order valence-electron chi connectivity index (χ1n) is 5.59. The first-order chi connectivity index (χ1) is 8.56. The number of hydrogen-bond acceptors (Lipinski definition) is 3. The molecule has 0 radical (unpaired) electrons. The van der Waals surface area contributed by atoms with Gasteiger partial charge in [0.15, 0.2) is 0 Å². The lowest BCUT2D eigenvalue weighted by Gasteiger charge is -2.26. The molecule has 0 saturated carbocycles. The van der Waals surface area contributed by atoms with Crippen LogP contribution in [0, 0.1) is 5.92 Å². The van der Waals surface area contributed by atoms with Crippen LogP contribution in [0.25, 0.3) is 0 Å². The molecule has 0 bridgehead atoms. The van der Waals surface area contributed by atoms with Gasteiger partial charge in [0.05, 0.1) is 10.6 Å². The van der Waals surface area contributed by atoms with Gasteiger partial charge in [-0.15, -0.1) is 0 Å². The molecule has 5 nitrogen and oxygen atoms in total. The number of benzene rings is 1. The monoisotopic (exact) mass is 268 g/mol. The molecule has 1 aromatic carbocycles. The second-order valence-electron chi connectivity index (χ2n) is 4.28. The number of anilines is 1. The number of rotatable bonds is 4. The predicted octanol–water partition coefficient (Wildman–Crippen LogP) is 1.59. The summed E-state index contributed by atoms with van der Waals surface area (Å²) in [6, 6.07) is 4.42. The molecule has 0 aliphatic carbocycles. The Kier molecular flexibility index (Phi) is 3.84. The van der Waals surface area contributed by atoms with Crippen LogP contribution >= 0.6 is 11.6 Å². The van der Waals surface area contributed by atoms with Crippen LogP contribution in [0.1, 0.15) is 16.8 Å².